The predicted molar refractivity (Wildman–Crippen MR) is 80.9 cm³/mol. The van der Waals surface area contributed by atoms with Crippen molar-refractivity contribution in [1.29, 1.82) is 0 Å². The van der Waals surface area contributed by atoms with Gasteiger partial charge >= 0.3 is 0 Å². The molecule has 0 unspecified atom stereocenters. The molecule has 0 atom stereocenters. The molecule has 0 fully saturated rings. The maximum atomic E-state index is 12.0. The van der Waals surface area contributed by atoms with E-state index in [4.69, 9.17) is 21.5 Å². The number of benzene rings is 1. The number of carbonyl (C=O) groups is 1. The third kappa shape index (κ3) is 5.28. The second-order valence-electron chi connectivity index (χ2n) is 5.07. The second kappa shape index (κ2) is 6.74. The number of sulfonamides is 1. The maximum absolute atomic E-state index is 12.0. The Morgan fingerprint density at radius 2 is 2.05 bits per heavy atom. The Morgan fingerprint density at radius 3 is 2.57 bits per heavy atom. The van der Waals surface area contributed by atoms with Crippen LogP contribution in [0.5, 0.6) is 0 Å². The van der Waals surface area contributed by atoms with E-state index in [1.165, 1.54) is 12.1 Å². The minimum absolute atomic E-state index is 0.0244. The van der Waals surface area contributed by atoms with E-state index < -0.39 is 21.5 Å². The van der Waals surface area contributed by atoms with Crippen molar-refractivity contribution in [3.05, 3.63) is 28.8 Å². The average Bonchev–Trinajstić information content (AvgIpc) is 2.35. The van der Waals surface area contributed by atoms with Crippen LogP contribution in [0.25, 0.3) is 0 Å². The van der Waals surface area contributed by atoms with Crippen LogP contribution in [0.1, 0.15) is 31.1 Å². The summed E-state index contributed by atoms with van der Waals surface area (Å²) in [4.78, 5) is 11.8. The number of rotatable bonds is 6. The van der Waals surface area contributed by atoms with Crippen LogP contribution in [0.2, 0.25) is 5.02 Å². The van der Waals surface area contributed by atoms with Gasteiger partial charge in [-0.3, -0.25) is 4.79 Å². The van der Waals surface area contributed by atoms with Gasteiger partial charge in [-0.15, -0.1) is 0 Å². The SMILES string of the molecule is CCOC(C)(C)CNC(=O)c1ccc(Cl)c(S(N)(=O)=O)c1. The molecule has 21 heavy (non-hydrogen) atoms. The Labute approximate surface area is 129 Å². The molecule has 1 amide bonds. The lowest BCUT2D eigenvalue weighted by Crippen LogP contribution is -2.40. The van der Waals surface area contributed by atoms with Crippen LogP contribution in [0, 0.1) is 0 Å². The van der Waals surface area contributed by atoms with E-state index in [1.54, 1.807) is 0 Å². The standard InChI is InChI=1S/C13H19ClN2O4S/c1-4-20-13(2,3)8-16-12(17)9-5-6-10(14)11(7-9)21(15,18)19/h5-7H,4,8H2,1-3H3,(H,16,17)(H2,15,18,19). The highest BCUT2D eigenvalue weighted by Crippen LogP contribution is 2.21. The summed E-state index contributed by atoms with van der Waals surface area (Å²) >= 11 is 5.77. The molecule has 0 aliphatic carbocycles. The summed E-state index contributed by atoms with van der Waals surface area (Å²) in [7, 11) is -3.98. The van der Waals surface area contributed by atoms with Gasteiger partial charge in [0.2, 0.25) is 10.0 Å². The van der Waals surface area contributed by atoms with E-state index in [1.807, 2.05) is 20.8 Å². The first kappa shape index (κ1) is 17.9. The minimum Gasteiger partial charge on any atom is -0.374 e. The van der Waals surface area contributed by atoms with Crippen molar-refractivity contribution in [2.75, 3.05) is 13.2 Å². The molecule has 1 aromatic carbocycles. The topological polar surface area (TPSA) is 98.5 Å². The van der Waals surface area contributed by atoms with E-state index in [9.17, 15) is 13.2 Å². The lowest BCUT2D eigenvalue weighted by atomic mass is 10.1. The quantitative estimate of drug-likeness (QED) is 0.824. The van der Waals surface area contributed by atoms with Gasteiger partial charge in [0.15, 0.2) is 0 Å². The number of amides is 1. The van der Waals surface area contributed by atoms with E-state index >= 15 is 0 Å². The summed E-state index contributed by atoms with van der Waals surface area (Å²) in [6, 6.07) is 3.91. The van der Waals surface area contributed by atoms with Gasteiger partial charge in [0.05, 0.1) is 10.6 Å². The van der Waals surface area contributed by atoms with Gasteiger partial charge in [-0.05, 0) is 39.0 Å². The second-order valence-corrected chi connectivity index (χ2v) is 7.00. The smallest absolute Gasteiger partial charge is 0.251 e. The zero-order chi connectivity index (χ0) is 16.3. The number of hydrogen-bond donors (Lipinski definition) is 2. The number of ether oxygens (including phenoxy) is 1. The third-order valence-corrected chi connectivity index (χ3v) is 4.10. The first-order valence-electron chi connectivity index (χ1n) is 6.31. The Kier molecular flexibility index (Phi) is 5.75. The Hall–Kier alpha value is -1.15. The van der Waals surface area contributed by atoms with Crippen molar-refractivity contribution >= 4 is 27.5 Å². The van der Waals surface area contributed by atoms with Crippen molar-refractivity contribution in [1.82, 2.24) is 5.32 Å². The monoisotopic (exact) mass is 334 g/mol. The van der Waals surface area contributed by atoms with Gasteiger partial charge in [0.25, 0.3) is 5.91 Å². The summed E-state index contributed by atoms with van der Waals surface area (Å²) in [6.45, 7) is 6.36. The predicted octanol–water partition coefficient (Wildman–Crippen LogP) is 1.53. The molecule has 0 heterocycles. The summed E-state index contributed by atoms with van der Waals surface area (Å²) in [5.41, 5.74) is -0.352. The molecule has 6 nitrogen and oxygen atoms in total. The van der Waals surface area contributed by atoms with E-state index in [-0.39, 0.29) is 22.0 Å². The zero-order valence-electron chi connectivity index (χ0n) is 12.1. The third-order valence-electron chi connectivity index (χ3n) is 2.71. The number of hydrogen-bond acceptors (Lipinski definition) is 4. The zero-order valence-corrected chi connectivity index (χ0v) is 13.7. The highest BCUT2D eigenvalue weighted by atomic mass is 35.5. The Bertz CT molecular complexity index is 629. The molecule has 8 heteroatoms. The summed E-state index contributed by atoms with van der Waals surface area (Å²) in [5, 5.41) is 7.70. The molecule has 0 saturated heterocycles. The number of nitrogens with two attached hydrogens (primary N) is 1. The molecule has 3 N–H and O–H groups in total. The minimum atomic E-state index is -3.98. The highest BCUT2D eigenvalue weighted by Gasteiger charge is 2.20. The molecule has 0 aliphatic heterocycles. The van der Waals surface area contributed by atoms with Gasteiger partial charge < -0.3 is 10.1 Å². The van der Waals surface area contributed by atoms with Crippen LogP contribution in [-0.4, -0.2) is 33.1 Å². The lowest BCUT2D eigenvalue weighted by Gasteiger charge is -2.24. The van der Waals surface area contributed by atoms with E-state index in [2.05, 4.69) is 5.32 Å². The first-order chi connectivity index (χ1) is 9.57. The molecule has 0 radical (unpaired) electrons. The fraction of sp³-hybridized carbons (Fsp3) is 0.462. The Balaban J connectivity index is 2.90. The van der Waals surface area contributed by atoms with Crippen molar-refractivity contribution in [3.8, 4) is 0 Å². The fourth-order valence-electron chi connectivity index (χ4n) is 1.70. The van der Waals surface area contributed by atoms with Gasteiger partial charge in [0.1, 0.15) is 4.90 Å². The van der Waals surface area contributed by atoms with Crippen molar-refractivity contribution in [2.45, 2.75) is 31.3 Å². The van der Waals surface area contributed by atoms with Gasteiger partial charge in [-0.1, -0.05) is 11.6 Å². The maximum Gasteiger partial charge on any atom is 0.251 e. The summed E-state index contributed by atoms with van der Waals surface area (Å²) in [6.07, 6.45) is 0. The van der Waals surface area contributed by atoms with Crippen molar-refractivity contribution in [3.63, 3.8) is 0 Å². The van der Waals surface area contributed by atoms with Crippen LogP contribution in [0.4, 0.5) is 0 Å². The lowest BCUT2D eigenvalue weighted by molar-refractivity contribution is -0.00815. The van der Waals surface area contributed by atoms with Crippen LogP contribution in [0.3, 0.4) is 0 Å². The molecule has 1 aromatic rings. The molecule has 1 rings (SSSR count). The van der Waals surface area contributed by atoms with Crippen LogP contribution >= 0.6 is 11.6 Å². The van der Waals surface area contributed by atoms with Gasteiger partial charge in [-0.2, -0.15) is 0 Å². The van der Waals surface area contributed by atoms with Gasteiger partial charge in [0, 0.05) is 18.7 Å². The highest BCUT2D eigenvalue weighted by molar-refractivity contribution is 7.89. The van der Waals surface area contributed by atoms with E-state index in [0.717, 1.165) is 6.07 Å². The molecular formula is C13H19ClN2O4S. The van der Waals surface area contributed by atoms with Crippen LogP contribution in [-0.2, 0) is 14.8 Å². The number of primary sulfonamides is 1. The molecular weight excluding hydrogens is 316 g/mol. The molecule has 0 aliphatic rings. The van der Waals surface area contributed by atoms with Crippen LogP contribution < -0.4 is 10.5 Å². The average molecular weight is 335 g/mol. The normalized spacial score (nSPS) is 12.2. The molecule has 0 spiro atoms. The first-order valence-corrected chi connectivity index (χ1v) is 8.24. The molecule has 0 aromatic heterocycles. The van der Waals surface area contributed by atoms with E-state index in [0.29, 0.717) is 6.61 Å². The number of halogens is 1. The Morgan fingerprint density at radius 1 is 1.43 bits per heavy atom. The van der Waals surface area contributed by atoms with Crippen LogP contribution in [0.15, 0.2) is 23.1 Å². The molecule has 118 valence electrons. The molecule has 0 bridgehead atoms. The fourth-order valence-corrected chi connectivity index (χ4v) is 2.77. The number of carbonyl (C=O) groups excluding carboxylic acids is 1. The van der Waals surface area contributed by atoms with Gasteiger partial charge in [-0.25, -0.2) is 13.6 Å². The molecule has 0 saturated carbocycles. The summed E-state index contributed by atoms with van der Waals surface area (Å²) < 4.78 is 28.2. The number of nitrogens with one attached hydrogen (secondary N) is 1. The summed E-state index contributed by atoms with van der Waals surface area (Å²) in [5.74, 6) is -0.427. The van der Waals surface area contributed by atoms with Crippen molar-refractivity contribution in [2.24, 2.45) is 5.14 Å². The van der Waals surface area contributed by atoms with Crippen molar-refractivity contribution < 1.29 is 17.9 Å². The largest absolute Gasteiger partial charge is 0.374 e.